The predicted molar refractivity (Wildman–Crippen MR) is 58.4 cm³/mol. The molecular weight excluding hydrogens is 188 g/mol. The van der Waals surface area contributed by atoms with Crippen molar-refractivity contribution in [2.75, 3.05) is 0 Å². The van der Waals surface area contributed by atoms with Gasteiger partial charge in [0, 0.05) is 18.0 Å². The van der Waals surface area contributed by atoms with Gasteiger partial charge < -0.3 is 10.2 Å². The molecule has 2 heterocycles. The summed E-state index contributed by atoms with van der Waals surface area (Å²) in [5.74, 6) is 0.865. The first-order valence-corrected chi connectivity index (χ1v) is 4.89. The van der Waals surface area contributed by atoms with E-state index in [1.807, 2.05) is 32.2 Å². The van der Waals surface area contributed by atoms with Crippen LogP contribution >= 0.6 is 0 Å². The van der Waals surface area contributed by atoms with Crippen molar-refractivity contribution in [1.29, 1.82) is 0 Å². The zero-order valence-electron chi connectivity index (χ0n) is 8.90. The van der Waals surface area contributed by atoms with E-state index in [9.17, 15) is 0 Å². The van der Waals surface area contributed by atoms with Gasteiger partial charge in [-0.1, -0.05) is 6.07 Å². The van der Waals surface area contributed by atoms with E-state index in [2.05, 4.69) is 4.98 Å². The Morgan fingerprint density at radius 1 is 1.33 bits per heavy atom. The van der Waals surface area contributed by atoms with Crippen LogP contribution in [0.15, 0.2) is 35.2 Å². The van der Waals surface area contributed by atoms with E-state index in [0.717, 1.165) is 22.5 Å². The Labute approximate surface area is 88.9 Å². The van der Waals surface area contributed by atoms with E-state index in [4.69, 9.17) is 10.2 Å². The zero-order valence-corrected chi connectivity index (χ0v) is 8.90. The molecule has 78 valence electrons. The van der Waals surface area contributed by atoms with Crippen LogP contribution in [-0.2, 0) is 0 Å². The van der Waals surface area contributed by atoms with Crippen LogP contribution in [0.3, 0.4) is 0 Å². The van der Waals surface area contributed by atoms with Gasteiger partial charge in [-0.2, -0.15) is 0 Å². The molecular formula is C12H14N2O. The number of hydrogen-bond acceptors (Lipinski definition) is 3. The van der Waals surface area contributed by atoms with E-state index >= 15 is 0 Å². The second-order valence-corrected chi connectivity index (χ2v) is 3.71. The molecule has 0 spiro atoms. The molecule has 15 heavy (non-hydrogen) atoms. The van der Waals surface area contributed by atoms with Gasteiger partial charge in [0.15, 0.2) is 0 Å². The summed E-state index contributed by atoms with van der Waals surface area (Å²) in [7, 11) is 0. The normalized spacial score (nSPS) is 12.7. The third-order valence-electron chi connectivity index (χ3n) is 2.49. The number of aryl methyl sites for hydroxylation is 2. The van der Waals surface area contributed by atoms with E-state index in [1.54, 1.807) is 12.5 Å². The lowest BCUT2D eigenvalue weighted by Gasteiger charge is -2.11. The highest BCUT2D eigenvalue weighted by atomic mass is 16.3. The second-order valence-electron chi connectivity index (χ2n) is 3.71. The Morgan fingerprint density at radius 3 is 2.73 bits per heavy atom. The van der Waals surface area contributed by atoms with Crippen LogP contribution in [0.2, 0.25) is 0 Å². The fourth-order valence-corrected chi connectivity index (χ4v) is 1.65. The molecule has 0 radical (unpaired) electrons. The van der Waals surface area contributed by atoms with Crippen molar-refractivity contribution >= 4 is 0 Å². The van der Waals surface area contributed by atoms with E-state index in [0.29, 0.717) is 0 Å². The standard InChI is InChI=1S/C12H14N2O/c1-8-5-10(7-14-6-8)12(13)11-3-4-15-9(11)2/h3-7,12H,13H2,1-2H3. The molecule has 0 aliphatic rings. The Balaban J connectivity index is 2.36. The maximum atomic E-state index is 6.13. The van der Waals surface area contributed by atoms with Gasteiger partial charge in [0.2, 0.25) is 0 Å². The van der Waals surface area contributed by atoms with Crippen molar-refractivity contribution in [2.45, 2.75) is 19.9 Å². The highest BCUT2D eigenvalue weighted by Crippen LogP contribution is 2.23. The SMILES string of the molecule is Cc1cncc(C(N)c2ccoc2C)c1. The molecule has 2 aromatic heterocycles. The molecule has 2 N–H and O–H groups in total. The van der Waals surface area contributed by atoms with Crippen molar-refractivity contribution in [2.24, 2.45) is 5.73 Å². The summed E-state index contributed by atoms with van der Waals surface area (Å²) >= 11 is 0. The Morgan fingerprint density at radius 2 is 2.13 bits per heavy atom. The first-order chi connectivity index (χ1) is 7.18. The number of nitrogens with zero attached hydrogens (tertiary/aromatic N) is 1. The number of aromatic nitrogens is 1. The minimum absolute atomic E-state index is 0.156. The molecule has 3 heteroatoms. The largest absolute Gasteiger partial charge is 0.469 e. The van der Waals surface area contributed by atoms with Crippen molar-refractivity contribution in [3.63, 3.8) is 0 Å². The minimum atomic E-state index is -0.156. The van der Waals surface area contributed by atoms with Crippen LogP contribution in [0, 0.1) is 13.8 Å². The van der Waals surface area contributed by atoms with Crippen LogP contribution in [0.4, 0.5) is 0 Å². The second kappa shape index (κ2) is 3.87. The summed E-state index contributed by atoms with van der Waals surface area (Å²) in [5, 5.41) is 0. The van der Waals surface area contributed by atoms with Crippen LogP contribution < -0.4 is 5.73 Å². The Bertz CT molecular complexity index is 462. The maximum absolute atomic E-state index is 6.13. The zero-order chi connectivity index (χ0) is 10.8. The lowest BCUT2D eigenvalue weighted by atomic mass is 10.0. The monoisotopic (exact) mass is 202 g/mol. The van der Waals surface area contributed by atoms with E-state index in [1.165, 1.54) is 0 Å². The smallest absolute Gasteiger partial charge is 0.105 e. The highest BCUT2D eigenvalue weighted by Gasteiger charge is 2.13. The van der Waals surface area contributed by atoms with Gasteiger partial charge in [-0.15, -0.1) is 0 Å². The molecule has 0 bridgehead atoms. The highest BCUT2D eigenvalue weighted by molar-refractivity contribution is 5.32. The molecule has 0 saturated carbocycles. The third kappa shape index (κ3) is 1.92. The molecule has 0 fully saturated rings. The van der Waals surface area contributed by atoms with Gasteiger partial charge in [-0.3, -0.25) is 4.98 Å². The number of pyridine rings is 1. The molecule has 0 aromatic carbocycles. The van der Waals surface area contributed by atoms with E-state index < -0.39 is 0 Å². The molecule has 3 nitrogen and oxygen atoms in total. The molecule has 1 unspecified atom stereocenters. The summed E-state index contributed by atoms with van der Waals surface area (Å²) in [6.45, 7) is 3.92. The van der Waals surface area contributed by atoms with Crippen molar-refractivity contribution in [3.8, 4) is 0 Å². The Hall–Kier alpha value is -1.61. The molecule has 2 rings (SSSR count). The number of furan rings is 1. The average molecular weight is 202 g/mol. The molecule has 1 atom stereocenters. The van der Waals surface area contributed by atoms with Crippen LogP contribution in [-0.4, -0.2) is 4.98 Å². The maximum Gasteiger partial charge on any atom is 0.105 e. The number of rotatable bonds is 2. The van der Waals surface area contributed by atoms with E-state index in [-0.39, 0.29) is 6.04 Å². The topological polar surface area (TPSA) is 52.0 Å². The van der Waals surface area contributed by atoms with Crippen LogP contribution in [0.5, 0.6) is 0 Å². The summed E-state index contributed by atoms with van der Waals surface area (Å²) in [4.78, 5) is 4.13. The van der Waals surface area contributed by atoms with Crippen molar-refractivity contribution in [3.05, 3.63) is 53.2 Å². The lowest BCUT2D eigenvalue weighted by Crippen LogP contribution is -2.12. The number of hydrogen-bond donors (Lipinski definition) is 1. The lowest BCUT2D eigenvalue weighted by molar-refractivity contribution is 0.527. The van der Waals surface area contributed by atoms with Gasteiger partial charge in [0.25, 0.3) is 0 Å². The first kappa shape index (κ1) is 9.93. The fraction of sp³-hybridized carbons (Fsp3) is 0.250. The average Bonchev–Trinajstić information content (AvgIpc) is 2.63. The molecule has 0 saturated heterocycles. The summed E-state index contributed by atoms with van der Waals surface area (Å²) < 4.78 is 5.24. The van der Waals surface area contributed by atoms with Gasteiger partial charge in [-0.05, 0) is 31.0 Å². The summed E-state index contributed by atoms with van der Waals surface area (Å²) in [5.41, 5.74) is 9.27. The fourth-order valence-electron chi connectivity index (χ4n) is 1.65. The van der Waals surface area contributed by atoms with Gasteiger partial charge in [0.1, 0.15) is 5.76 Å². The Kier molecular flexibility index (Phi) is 2.56. The third-order valence-corrected chi connectivity index (χ3v) is 2.49. The quantitative estimate of drug-likeness (QED) is 0.813. The summed E-state index contributed by atoms with van der Waals surface area (Å²) in [6, 6.07) is 3.79. The van der Waals surface area contributed by atoms with Gasteiger partial charge in [0.05, 0.1) is 12.3 Å². The van der Waals surface area contributed by atoms with Crippen molar-refractivity contribution < 1.29 is 4.42 Å². The molecule has 0 amide bonds. The molecule has 0 aliphatic carbocycles. The number of nitrogens with two attached hydrogens (primary N) is 1. The first-order valence-electron chi connectivity index (χ1n) is 4.89. The predicted octanol–water partition coefficient (Wildman–Crippen LogP) is 2.34. The summed E-state index contributed by atoms with van der Waals surface area (Å²) in [6.07, 6.45) is 5.27. The van der Waals surface area contributed by atoms with Crippen LogP contribution in [0.1, 0.15) is 28.5 Å². The molecule has 0 aliphatic heterocycles. The molecule has 2 aromatic rings. The van der Waals surface area contributed by atoms with Crippen LogP contribution in [0.25, 0.3) is 0 Å². The minimum Gasteiger partial charge on any atom is -0.469 e. The van der Waals surface area contributed by atoms with Gasteiger partial charge >= 0.3 is 0 Å². The van der Waals surface area contributed by atoms with Crippen molar-refractivity contribution in [1.82, 2.24) is 4.98 Å². The van der Waals surface area contributed by atoms with Gasteiger partial charge in [-0.25, -0.2) is 0 Å².